The first-order valence-corrected chi connectivity index (χ1v) is 7.77. The van der Waals surface area contributed by atoms with E-state index >= 15 is 0 Å². The first-order valence-electron chi connectivity index (χ1n) is 7.77. The fraction of sp³-hybridized carbons (Fsp3) is 0.867. The van der Waals surface area contributed by atoms with E-state index in [1.165, 1.54) is 0 Å². The maximum atomic E-state index is 12.3. The number of hydrogen-bond acceptors (Lipinski definition) is 3. The van der Waals surface area contributed by atoms with Crippen molar-refractivity contribution in [3.63, 3.8) is 0 Å². The smallest absolute Gasteiger partial charge is 0.319 e. The summed E-state index contributed by atoms with van der Waals surface area (Å²) in [5, 5.41) is 8.57. The molecule has 1 aliphatic heterocycles. The first kappa shape index (κ1) is 17.8. The van der Waals surface area contributed by atoms with E-state index < -0.39 is 5.97 Å². The zero-order valence-electron chi connectivity index (χ0n) is 13.4. The maximum absolute atomic E-state index is 12.3. The number of carboxylic acid groups (broad SMARTS) is 1. The van der Waals surface area contributed by atoms with Gasteiger partial charge in [-0.1, -0.05) is 20.3 Å². The molecule has 0 spiro atoms. The molecule has 1 atom stereocenters. The second kappa shape index (κ2) is 8.87. The van der Waals surface area contributed by atoms with Crippen molar-refractivity contribution in [3.05, 3.63) is 0 Å². The van der Waals surface area contributed by atoms with Crippen LogP contribution in [0.2, 0.25) is 0 Å². The summed E-state index contributed by atoms with van der Waals surface area (Å²) in [6.07, 6.45) is 2.74. The van der Waals surface area contributed by atoms with Crippen LogP contribution in [0.3, 0.4) is 0 Å². The quantitative estimate of drug-likeness (QED) is 0.781. The van der Waals surface area contributed by atoms with Crippen LogP contribution in [-0.4, -0.2) is 66.3 Å². The van der Waals surface area contributed by atoms with Crippen molar-refractivity contribution in [2.24, 2.45) is 5.92 Å². The van der Waals surface area contributed by atoms with Crippen LogP contribution >= 0.6 is 0 Å². The van der Waals surface area contributed by atoms with Crippen molar-refractivity contribution in [3.8, 4) is 0 Å². The average molecular weight is 300 g/mol. The molecule has 1 saturated heterocycles. The lowest BCUT2D eigenvalue weighted by molar-refractivity contribution is -0.138. The van der Waals surface area contributed by atoms with Gasteiger partial charge in [0.05, 0.1) is 19.1 Å². The summed E-state index contributed by atoms with van der Waals surface area (Å²) >= 11 is 0. The highest BCUT2D eigenvalue weighted by Crippen LogP contribution is 2.16. The Labute approximate surface area is 127 Å². The van der Waals surface area contributed by atoms with Gasteiger partial charge in [-0.15, -0.1) is 0 Å². The Morgan fingerprint density at radius 2 is 2.00 bits per heavy atom. The number of likely N-dealkylation sites (tertiary alicyclic amines) is 1. The number of hydrogen-bond donors (Lipinski definition) is 1. The molecule has 0 aromatic carbocycles. The molecule has 1 aliphatic rings. The van der Waals surface area contributed by atoms with Gasteiger partial charge in [0.25, 0.3) is 0 Å². The largest absolute Gasteiger partial charge is 0.481 e. The Hall–Kier alpha value is -1.30. The minimum atomic E-state index is -0.839. The minimum Gasteiger partial charge on any atom is -0.481 e. The van der Waals surface area contributed by atoms with Gasteiger partial charge in [0.15, 0.2) is 0 Å². The Morgan fingerprint density at radius 3 is 2.52 bits per heavy atom. The molecule has 1 heterocycles. The van der Waals surface area contributed by atoms with Gasteiger partial charge in [-0.05, 0) is 18.8 Å². The van der Waals surface area contributed by atoms with Crippen molar-refractivity contribution in [2.75, 3.05) is 33.3 Å². The SMILES string of the molecule is CCC(C)CN(C)C(=O)N1CCC(OCCC(=O)O)CC1. The molecule has 0 bridgehead atoms. The van der Waals surface area contributed by atoms with Crippen LogP contribution in [0.4, 0.5) is 4.79 Å². The number of rotatable bonds is 7. The van der Waals surface area contributed by atoms with Gasteiger partial charge in [-0.25, -0.2) is 4.79 Å². The Kier molecular flexibility index (Phi) is 7.50. The van der Waals surface area contributed by atoms with Crippen molar-refractivity contribution in [1.29, 1.82) is 0 Å². The molecule has 2 amide bonds. The van der Waals surface area contributed by atoms with Gasteiger partial charge in [-0.3, -0.25) is 4.79 Å². The van der Waals surface area contributed by atoms with Crippen LogP contribution in [0.1, 0.15) is 39.5 Å². The van der Waals surface area contributed by atoms with Crippen LogP contribution in [0.25, 0.3) is 0 Å². The molecule has 6 heteroatoms. The fourth-order valence-corrected chi connectivity index (χ4v) is 2.44. The summed E-state index contributed by atoms with van der Waals surface area (Å²) in [5.41, 5.74) is 0. The molecular weight excluding hydrogens is 272 g/mol. The molecule has 0 aromatic rings. The van der Waals surface area contributed by atoms with E-state index in [-0.39, 0.29) is 25.2 Å². The second-order valence-electron chi connectivity index (χ2n) is 5.88. The number of aliphatic carboxylic acids is 1. The van der Waals surface area contributed by atoms with Crippen molar-refractivity contribution in [1.82, 2.24) is 9.80 Å². The van der Waals surface area contributed by atoms with E-state index in [0.29, 0.717) is 19.0 Å². The molecule has 1 rings (SSSR count). The summed E-state index contributed by atoms with van der Waals surface area (Å²) in [6.45, 7) is 6.67. The molecule has 1 unspecified atom stereocenters. The maximum Gasteiger partial charge on any atom is 0.319 e. The molecule has 0 radical (unpaired) electrons. The lowest BCUT2D eigenvalue weighted by atomic mass is 10.1. The highest BCUT2D eigenvalue weighted by molar-refractivity contribution is 5.74. The van der Waals surface area contributed by atoms with Gasteiger partial charge >= 0.3 is 12.0 Å². The molecule has 1 N–H and O–H groups in total. The fourth-order valence-electron chi connectivity index (χ4n) is 2.44. The van der Waals surface area contributed by atoms with Crippen molar-refractivity contribution >= 4 is 12.0 Å². The molecule has 0 aliphatic carbocycles. The Bertz CT molecular complexity index is 341. The van der Waals surface area contributed by atoms with E-state index in [4.69, 9.17) is 9.84 Å². The zero-order valence-corrected chi connectivity index (χ0v) is 13.4. The van der Waals surface area contributed by atoms with E-state index in [2.05, 4.69) is 13.8 Å². The van der Waals surface area contributed by atoms with Gasteiger partial charge in [0.2, 0.25) is 0 Å². The second-order valence-corrected chi connectivity index (χ2v) is 5.88. The summed E-state index contributed by atoms with van der Waals surface area (Å²) in [7, 11) is 1.85. The van der Waals surface area contributed by atoms with E-state index in [9.17, 15) is 9.59 Å². The monoisotopic (exact) mass is 300 g/mol. The van der Waals surface area contributed by atoms with E-state index in [1.807, 2.05) is 11.9 Å². The molecule has 6 nitrogen and oxygen atoms in total. The summed E-state index contributed by atoms with van der Waals surface area (Å²) < 4.78 is 5.53. The highest BCUT2D eigenvalue weighted by Gasteiger charge is 2.25. The molecule has 21 heavy (non-hydrogen) atoms. The highest BCUT2D eigenvalue weighted by atomic mass is 16.5. The first-order chi connectivity index (χ1) is 9.93. The van der Waals surface area contributed by atoms with Crippen LogP contribution in [0.5, 0.6) is 0 Å². The molecular formula is C15H28N2O4. The third-order valence-corrected chi connectivity index (χ3v) is 3.99. The van der Waals surface area contributed by atoms with Crippen LogP contribution in [0, 0.1) is 5.92 Å². The third-order valence-electron chi connectivity index (χ3n) is 3.99. The number of piperidine rings is 1. The lowest BCUT2D eigenvalue weighted by Gasteiger charge is -2.35. The van der Waals surface area contributed by atoms with Gasteiger partial charge in [0, 0.05) is 26.7 Å². The predicted molar refractivity (Wildman–Crippen MR) is 80.3 cm³/mol. The van der Waals surface area contributed by atoms with Gasteiger partial charge < -0.3 is 19.6 Å². The number of urea groups is 1. The van der Waals surface area contributed by atoms with Crippen LogP contribution in [-0.2, 0) is 9.53 Å². The van der Waals surface area contributed by atoms with Crippen LogP contribution in [0.15, 0.2) is 0 Å². The van der Waals surface area contributed by atoms with E-state index in [1.54, 1.807) is 4.90 Å². The molecule has 0 aromatic heterocycles. The predicted octanol–water partition coefficient (Wildman–Crippen LogP) is 2.04. The standard InChI is InChI=1S/C15H28N2O4/c1-4-12(2)11-16(3)15(20)17-8-5-13(6-9-17)21-10-7-14(18)19/h12-13H,4-11H2,1-3H3,(H,18,19). The molecule has 0 saturated carbocycles. The van der Waals surface area contributed by atoms with Crippen molar-refractivity contribution in [2.45, 2.75) is 45.6 Å². The number of carbonyl (C=O) groups excluding carboxylic acids is 1. The van der Waals surface area contributed by atoms with Crippen molar-refractivity contribution < 1.29 is 19.4 Å². The summed E-state index contributed by atoms with van der Waals surface area (Å²) in [4.78, 5) is 26.4. The Morgan fingerprint density at radius 1 is 1.38 bits per heavy atom. The number of amides is 2. The normalized spacial score (nSPS) is 17.6. The van der Waals surface area contributed by atoms with Gasteiger partial charge in [0.1, 0.15) is 0 Å². The number of ether oxygens (including phenoxy) is 1. The Balaban J connectivity index is 2.28. The molecule has 122 valence electrons. The van der Waals surface area contributed by atoms with E-state index in [0.717, 1.165) is 25.8 Å². The minimum absolute atomic E-state index is 0.0385. The number of carbonyl (C=O) groups is 2. The average Bonchev–Trinajstić information content (AvgIpc) is 2.46. The van der Waals surface area contributed by atoms with Gasteiger partial charge in [-0.2, -0.15) is 0 Å². The molecule has 1 fully saturated rings. The van der Waals surface area contributed by atoms with Crippen LogP contribution < -0.4 is 0 Å². The summed E-state index contributed by atoms with van der Waals surface area (Å²) in [6, 6.07) is 0.0827. The lowest BCUT2D eigenvalue weighted by Crippen LogP contribution is -2.47. The number of nitrogens with zero attached hydrogens (tertiary/aromatic N) is 2. The number of carboxylic acids is 1. The topological polar surface area (TPSA) is 70.1 Å². The summed E-state index contributed by atoms with van der Waals surface area (Å²) in [5.74, 6) is -0.329. The zero-order chi connectivity index (χ0) is 15.8. The third kappa shape index (κ3) is 6.33.